The van der Waals surface area contributed by atoms with Crippen molar-refractivity contribution in [2.75, 3.05) is 13.2 Å². The van der Waals surface area contributed by atoms with Crippen molar-refractivity contribution >= 4 is 10.9 Å². The molecule has 2 heterocycles. The lowest BCUT2D eigenvalue weighted by Gasteiger charge is -2.32. The summed E-state index contributed by atoms with van der Waals surface area (Å²) >= 11 is 0. The minimum atomic E-state index is -0.441. The molecule has 8 nitrogen and oxygen atoms in total. The zero-order chi connectivity index (χ0) is 24.3. The summed E-state index contributed by atoms with van der Waals surface area (Å²) < 4.78 is 7.50. The molecule has 0 bridgehead atoms. The van der Waals surface area contributed by atoms with Gasteiger partial charge in [0, 0.05) is 23.0 Å². The molecule has 0 spiro atoms. The first-order valence-corrected chi connectivity index (χ1v) is 11.7. The van der Waals surface area contributed by atoms with E-state index in [-0.39, 0.29) is 11.1 Å². The highest BCUT2D eigenvalue weighted by atomic mass is 16.5. The summed E-state index contributed by atoms with van der Waals surface area (Å²) in [5.41, 5.74) is 2.00. The molecule has 1 N–H and O–H groups in total. The second-order valence-electron chi connectivity index (χ2n) is 9.31. The highest BCUT2D eigenvalue weighted by molar-refractivity contribution is 5.80. The first-order valence-electron chi connectivity index (χ1n) is 11.7. The third kappa shape index (κ3) is 4.87. The molecule has 0 amide bonds. The van der Waals surface area contributed by atoms with Crippen LogP contribution in [-0.2, 0) is 12.1 Å². The number of rotatable bonds is 8. The Bertz CT molecular complexity index is 1310. The lowest BCUT2D eigenvalue weighted by molar-refractivity contribution is 0.202. The van der Waals surface area contributed by atoms with Gasteiger partial charge in [-0.3, -0.25) is 9.69 Å². The summed E-state index contributed by atoms with van der Waals surface area (Å²) in [7, 11) is 0. The van der Waals surface area contributed by atoms with Crippen LogP contribution in [0.4, 0.5) is 0 Å². The molecule has 2 aromatic heterocycles. The number of nitrogens with one attached hydrogen (secondary N) is 1. The van der Waals surface area contributed by atoms with Gasteiger partial charge in [-0.15, -0.1) is 5.10 Å². The molecule has 0 aliphatic rings. The fourth-order valence-corrected chi connectivity index (χ4v) is 4.21. The van der Waals surface area contributed by atoms with Crippen molar-refractivity contribution in [3.05, 3.63) is 81.9 Å². The number of aromatic amines is 1. The first kappa shape index (κ1) is 23.6. The molecule has 0 saturated heterocycles. The summed E-state index contributed by atoms with van der Waals surface area (Å²) in [5.74, 6) is 1.40. The van der Waals surface area contributed by atoms with Crippen molar-refractivity contribution in [1.82, 2.24) is 30.1 Å². The highest BCUT2D eigenvalue weighted by Crippen LogP contribution is 2.31. The average Bonchev–Trinajstić information content (AvgIpc) is 3.30. The van der Waals surface area contributed by atoms with E-state index < -0.39 is 6.04 Å². The Hall–Kier alpha value is -3.52. The second kappa shape index (κ2) is 9.77. The maximum Gasteiger partial charge on any atom is 0.253 e. The topological polar surface area (TPSA) is 88.9 Å². The second-order valence-corrected chi connectivity index (χ2v) is 9.31. The van der Waals surface area contributed by atoms with Gasteiger partial charge in [0.1, 0.15) is 11.8 Å². The Morgan fingerprint density at radius 2 is 1.85 bits per heavy atom. The van der Waals surface area contributed by atoms with Crippen molar-refractivity contribution in [3.63, 3.8) is 0 Å². The van der Waals surface area contributed by atoms with E-state index in [4.69, 9.17) is 4.74 Å². The van der Waals surface area contributed by atoms with Crippen molar-refractivity contribution < 1.29 is 4.74 Å². The molecule has 0 aliphatic heterocycles. The predicted octanol–water partition coefficient (Wildman–Crippen LogP) is 4.28. The van der Waals surface area contributed by atoms with Gasteiger partial charge in [0.2, 0.25) is 0 Å². The zero-order valence-corrected chi connectivity index (χ0v) is 20.4. The largest absolute Gasteiger partial charge is 0.494 e. The zero-order valence-electron chi connectivity index (χ0n) is 20.4. The molecule has 0 radical (unpaired) electrons. The molecule has 178 valence electrons. The van der Waals surface area contributed by atoms with E-state index in [9.17, 15) is 4.79 Å². The smallest absolute Gasteiger partial charge is 0.253 e. The van der Waals surface area contributed by atoms with Crippen LogP contribution in [0.2, 0.25) is 0 Å². The molecule has 1 atom stereocenters. The minimum absolute atomic E-state index is 0.156. The lowest BCUT2D eigenvalue weighted by Crippen LogP contribution is -2.37. The molecule has 4 rings (SSSR count). The number of hydrogen-bond acceptors (Lipinski definition) is 6. The average molecular weight is 461 g/mol. The number of H-pyrrole nitrogens is 1. The third-order valence-corrected chi connectivity index (χ3v) is 5.82. The van der Waals surface area contributed by atoms with Crippen LogP contribution in [-0.4, -0.2) is 43.2 Å². The maximum atomic E-state index is 13.4. The molecule has 4 aromatic rings. The molecular weight excluding hydrogens is 428 g/mol. The van der Waals surface area contributed by atoms with Crippen LogP contribution in [0.1, 0.15) is 57.6 Å². The van der Waals surface area contributed by atoms with Crippen LogP contribution in [0, 0.1) is 0 Å². The van der Waals surface area contributed by atoms with Crippen molar-refractivity contribution in [2.24, 2.45) is 0 Å². The number of benzene rings is 2. The quantitative estimate of drug-likeness (QED) is 0.422. The van der Waals surface area contributed by atoms with E-state index in [1.165, 1.54) is 0 Å². The van der Waals surface area contributed by atoms with Crippen LogP contribution in [0.3, 0.4) is 0 Å². The number of fused-ring (bicyclic) bond motifs is 1. The van der Waals surface area contributed by atoms with Gasteiger partial charge in [-0.2, -0.15) is 0 Å². The standard InChI is InChI=1S/C26H32N6O2/c1-6-31(17-18-11-9-8-10-12-18)23(24-28-29-30-32(24)26(3,4)5)21-16-19-15-20(34-7-2)13-14-22(19)27-25(21)33/h8-16,23H,6-7,17H2,1-5H3,(H,27,33)/t23-/m1/s1. The lowest BCUT2D eigenvalue weighted by atomic mass is 10.0. The summed E-state index contributed by atoms with van der Waals surface area (Å²) in [6.07, 6.45) is 0. The number of ether oxygens (including phenoxy) is 1. The Kier molecular flexibility index (Phi) is 6.79. The maximum absolute atomic E-state index is 13.4. The number of aromatic nitrogens is 5. The molecule has 0 fully saturated rings. The molecule has 0 saturated carbocycles. The van der Waals surface area contributed by atoms with E-state index in [1.54, 1.807) is 0 Å². The van der Waals surface area contributed by atoms with Gasteiger partial charge in [-0.25, -0.2) is 4.68 Å². The fraction of sp³-hybridized carbons (Fsp3) is 0.385. The number of tetrazole rings is 1. The first-order chi connectivity index (χ1) is 16.3. The molecule has 34 heavy (non-hydrogen) atoms. The van der Waals surface area contributed by atoms with Crippen LogP contribution in [0.15, 0.2) is 59.4 Å². The van der Waals surface area contributed by atoms with Gasteiger partial charge >= 0.3 is 0 Å². The van der Waals surface area contributed by atoms with Gasteiger partial charge < -0.3 is 9.72 Å². The van der Waals surface area contributed by atoms with E-state index >= 15 is 0 Å². The Morgan fingerprint density at radius 3 is 2.53 bits per heavy atom. The molecule has 2 aromatic carbocycles. The van der Waals surface area contributed by atoms with Gasteiger partial charge in [-0.1, -0.05) is 37.3 Å². The minimum Gasteiger partial charge on any atom is -0.494 e. The normalized spacial score (nSPS) is 12.9. The molecular formula is C26H32N6O2. The fourth-order valence-electron chi connectivity index (χ4n) is 4.21. The van der Waals surface area contributed by atoms with E-state index in [0.29, 0.717) is 31.1 Å². The Balaban J connectivity index is 1.90. The van der Waals surface area contributed by atoms with Crippen molar-refractivity contribution in [1.29, 1.82) is 0 Å². The number of pyridine rings is 1. The van der Waals surface area contributed by atoms with Gasteiger partial charge in [0.25, 0.3) is 5.56 Å². The number of nitrogens with zero attached hydrogens (tertiary/aromatic N) is 5. The van der Waals surface area contributed by atoms with Gasteiger partial charge in [-0.05, 0) is 74.5 Å². The third-order valence-electron chi connectivity index (χ3n) is 5.82. The highest BCUT2D eigenvalue weighted by Gasteiger charge is 2.32. The monoisotopic (exact) mass is 460 g/mol. The van der Waals surface area contributed by atoms with Crippen LogP contribution in [0.5, 0.6) is 5.75 Å². The Morgan fingerprint density at radius 1 is 1.09 bits per heavy atom. The van der Waals surface area contributed by atoms with Crippen LogP contribution in [0.25, 0.3) is 10.9 Å². The van der Waals surface area contributed by atoms with Crippen molar-refractivity contribution in [2.45, 2.75) is 52.7 Å². The molecule has 0 aliphatic carbocycles. The summed E-state index contributed by atoms with van der Waals surface area (Å²) in [5, 5.41) is 13.6. The van der Waals surface area contributed by atoms with Crippen LogP contribution >= 0.6 is 0 Å². The van der Waals surface area contributed by atoms with E-state index in [2.05, 4.69) is 65.2 Å². The van der Waals surface area contributed by atoms with E-state index in [0.717, 1.165) is 22.2 Å². The molecule has 8 heteroatoms. The van der Waals surface area contributed by atoms with Gasteiger partial charge in [0.15, 0.2) is 5.82 Å². The molecule has 0 unspecified atom stereocenters. The number of hydrogen-bond donors (Lipinski definition) is 1. The Labute approximate surface area is 199 Å². The predicted molar refractivity (Wildman–Crippen MR) is 133 cm³/mol. The summed E-state index contributed by atoms with van der Waals surface area (Å²) in [6, 6.07) is 17.4. The SMILES string of the molecule is CCOc1ccc2[nH]c(=O)c([C@H](c3nnnn3C(C)(C)C)N(CC)Cc3ccccc3)cc2c1. The van der Waals surface area contributed by atoms with Crippen LogP contribution < -0.4 is 10.3 Å². The summed E-state index contributed by atoms with van der Waals surface area (Å²) in [6.45, 7) is 12.1. The van der Waals surface area contributed by atoms with Crippen molar-refractivity contribution in [3.8, 4) is 5.75 Å². The summed E-state index contributed by atoms with van der Waals surface area (Å²) in [4.78, 5) is 18.7. The van der Waals surface area contributed by atoms with E-state index in [1.807, 2.05) is 54.1 Å². The van der Waals surface area contributed by atoms with Gasteiger partial charge in [0.05, 0.1) is 12.1 Å².